The highest BCUT2D eigenvalue weighted by Gasteiger charge is 2.34. The molecule has 0 amide bonds. The summed E-state index contributed by atoms with van der Waals surface area (Å²) >= 11 is 0. The van der Waals surface area contributed by atoms with Crippen molar-refractivity contribution in [1.82, 2.24) is 15.0 Å². The van der Waals surface area contributed by atoms with E-state index in [0.717, 1.165) is 4.80 Å². The fourth-order valence-corrected chi connectivity index (χ4v) is 0.429. The van der Waals surface area contributed by atoms with Crippen LogP contribution in [0.25, 0.3) is 0 Å². The third-order valence-corrected chi connectivity index (χ3v) is 0.814. The molecule has 3 nitrogen and oxygen atoms in total. The van der Waals surface area contributed by atoms with Gasteiger partial charge in [0.25, 0.3) is 0 Å². The van der Waals surface area contributed by atoms with E-state index >= 15 is 0 Å². The lowest BCUT2D eigenvalue weighted by molar-refractivity contribution is -0.141. The average Bonchev–Trinajstić information content (AvgIpc) is 2.11. The first-order chi connectivity index (χ1) is 4.50. The molecule has 1 aromatic heterocycles. The highest BCUT2D eigenvalue weighted by atomic mass is 19.4. The van der Waals surface area contributed by atoms with E-state index < -0.39 is 11.9 Å². The predicted molar refractivity (Wildman–Crippen MR) is 24.8 cm³/mol. The number of nitrogens with zero attached hydrogens (tertiary/aromatic N) is 3. The second-order valence-electron chi connectivity index (χ2n) is 1.65. The lowest BCUT2D eigenvalue weighted by Crippen LogP contribution is -2.06. The monoisotopic (exact) mass is 150 g/mol. The maximum absolute atomic E-state index is 11.7. The van der Waals surface area contributed by atoms with Crippen molar-refractivity contribution in [2.45, 2.75) is 6.18 Å². The molecule has 0 saturated heterocycles. The number of halogens is 3. The van der Waals surface area contributed by atoms with Crippen LogP contribution in [0.15, 0.2) is 0 Å². The van der Waals surface area contributed by atoms with Gasteiger partial charge in [-0.2, -0.15) is 23.1 Å². The van der Waals surface area contributed by atoms with Gasteiger partial charge in [0.2, 0.25) is 0 Å². The molecule has 0 aliphatic carbocycles. The van der Waals surface area contributed by atoms with Gasteiger partial charge in [0.05, 0.1) is 0 Å². The topological polar surface area (TPSA) is 30.7 Å². The molecule has 0 bridgehead atoms. The quantitative estimate of drug-likeness (QED) is 0.543. The minimum atomic E-state index is -4.44. The van der Waals surface area contributed by atoms with E-state index in [1.54, 1.807) is 6.20 Å². The first kappa shape index (κ1) is 7.04. The summed E-state index contributed by atoms with van der Waals surface area (Å²) in [4.78, 5) is 0.808. The van der Waals surface area contributed by atoms with Crippen molar-refractivity contribution < 1.29 is 13.2 Å². The molecule has 0 atom stereocenters. The molecule has 0 fully saturated rings. The molecule has 6 heteroatoms. The molecule has 0 aliphatic heterocycles. The maximum atomic E-state index is 11.7. The highest BCUT2D eigenvalue weighted by Crippen LogP contribution is 2.25. The van der Waals surface area contributed by atoms with Crippen LogP contribution in [0.3, 0.4) is 0 Å². The summed E-state index contributed by atoms with van der Waals surface area (Å²) in [5, 5.41) is 6.15. The van der Waals surface area contributed by atoms with E-state index in [2.05, 4.69) is 10.2 Å². The summed E-state index contributed by atoms with van der Waals surface area (Å²) in [5.41, 5.74) is -1.09. The van der Waals surface area contributed by atoms with Crippen LogP contribution in [-0.4, -0.2) is 15.0 Å². The van der Waals surface area contributed by atoms with Gasteiger partial charge in [0.1, 0.15) is 6.20 Å². The van der Waals surface area contributed by atoms with Crippen molar-refractivity contribution in [1.29, 1.82) is 0 Å². The maximum Gasteiger partial charge on any atom is 0.437 e. The Morgan fingerprint density at radius 2 is 2.10 bits per heavy atom. The Bertz CT molecular complexity index is 226. The first-order valence-electron chi connectivity index (χ1n) is 2.36. The molecule has 55 valence electrons. The van der Waals surface area contributed by atoms with Crippen LogP contribution in [0.2, 0.25) is 0 Å². The van der Waals surface area contributed by atoms with Crippen molar-refractivity contribution >= 4 is 0 Å². The molecule has 0 unspecified atom stereocenters. The normalized spacial score (nSPS) is 12.0. The zero-order valence-electron chi connectivity index (χ0n) is 4.98. The van der Waals surface area contributed by atoms with Crippen molar-refractivity contribution in [3.05, 3.63) is 11.9 Å². The van der Waals surface area contributed by atoms with Gasteiger partial charge in [0.15, 0.2) is 5.69 Å². The first-order valence-corrected chi connectivity index (χ1v) is 2.36. The van der Waals surface area contributed by atoms with Crippen LogP contribution in [0.4, 0.5) is 13.2 Å². The Morgan fingerprint density at radius 1 is 1.50 bits per heavy atom. The minimum Gasteiger partial charge on any atom is -0.187 e. The van der Waals surface area contributed by atoms with Gasteiger partial charge in [-0.25, -0.2) is 0 Å². The Morgan fingerprint density at radius 3 is 2.30 bits per heavy atom. The van der Waals surface area contributed by atoms with Crippen LogP contribution in [-0.2, 0) is 13.2 Å². The van der Waals surface area contributed by atoms with Gasteiger partial charge >= 0.3 is 6.18 Å². The highest BCUT2D eigenvalue weighted by molar-refractivity contribution is 4.94. The van der Waals surface area contributed by atoms with E-state index in [1.165, 1.54) is 7.05 Å². The summed E-state index contributed by atoms with van der Waals surface area (Å²) in [6.07, 6.45) is -2.71. The zero-order chi connectivity index (χ0) is 7.78. The molecule has 1 heterocycles. The van der Waals surface area contributed by atoms with Crippen LogP contribution < -0.4 is 0 Å². The SMILES string of the molecule is Cn1n[c]c(C(F)(F)F)n1. The standard InChI is InChI=1S/C4H3F3N3/c1-10-8-2-3(9-10)4(5,6)7/h1H3. The smallest absolute Gasteiger partial charge is 0.187 e. The molecule has 1 aromatic rings. The molecule has 0 saturated carbocycles. The van der Waals surface area contributed by atoms with E-state index in [1.807, 2.05) is 0 Å². The molecule has 0 aromatic carbocycles. The number of alkyl halides is 3. The van der Waals surface area contributed by atoms with Crippen molar-refractivity contribution in [3.8, 4) is 0 Å². The predicted octanol–water partition coefficient (Wildman–Crippen LogP) is 0.634. The Hall–Kier alpha value is -1.07. The molecule has 10 heavy (non-hydrogen) atoms. The number of hydrogen-bond donors (Lipinski definition) is 0. The average molecular weight is 150 g/mol. The third kappa shape index (κ3) is 1.26. The van der Waals surface area contributed by atoms with E-state index in [-0.39, 0.29) is 0 Å². The molecule has 0 aliphatic rings. The number of rotatable bonds is 0. The number of hydrogen-bond acceptors (Lipinski definition) is 2. The largest absolute Gasteiger partial charge is 0.437 e. The number of aromatic nitrogens is 3. The summed E-state index contributed by atoms with van der Waals surface area (Å²) in [6.45, 7) is 0. The second kappa shape index (κ2) is 1.96. The van der Waals surface area contributed by atoms with Crippen LogP contribution >= 0.6 is 0 Å². The van der Waals surface area contributed by atoms with Gasteiger partial charge < -0.3 is 0 Å². The second-order valence-corrected chi connectivity index (χ2v) is 1.65. The Balaban J connectivity index is 2.96. The number of aryl methyl sites for hydroxylation is 1. The summed E-state index contributed by atoms with van der Waals surface area (Å²) in [5.74, 6) is 0. The summed E-state index contributed by atoms with van der Waals surface area (Å²) in [6, 6.07) is 0. The van der Waals surface area contributed by atoms with Crippen molar-refractivity contribution in [3.63, 3.8) is 0 Å². The third-order valence-electron chi connectivity index (χ3n) is 0.814. The lowest BCUT2D eigenvalue weighted by atomic mass is 10.5. The Kier molecular flexibility index (Phi) is 1.38. The molecular formula is C4H3F3N3. The van der Waals surface area contributed by atoms with Gasteiger partial charge in [0, 0.05) is 7.05 Å². The van der Waals surface area contributed by atoms with Gasteiger partial charge in [-0.05, 0) is 0 Å². The van der Waals surface area contributed by atoms with Gasteiger partial charge in [-0.1, -0.05) is 0 Å². The molecule has 0 N–H and O–H groups in total. The van der Waals surface area contributed by atoms with E-state index in [4.69, 9.17) is 0 Å². The van der Waals surface area contributed by atoms with Gasteiger partial charge in [-0.15, -0.1) is 5.10 Å². The lowest BCUT2D eigenvalue weighted by Gasteiger charge is -1.97. The molecule has 0 spiro atoms. The van der Waals surface area contributed by atoms with E-state index in [9.17, 15) is 13.2 Å². The van der Waals surface area contributed by atoms with Crippen molar-refractivity contribution in [2.75, 3.05) is 0 Å². The zero-order valence-corrected chi connectivity index (χ0v) is 4.98. The van der Waals surface area contributed by atoms with Crippen LogP contribution in [0.5, 0.6) is 0 Å². The molecule has 1 radical (unpaired) electrons. The van der Waals surface area contributed by atoms with Gasteiger partial charge in [-0.3, -0.25) is 0 Å². The van der Waals surface area contributed by atoms with Crippen molar-refractivity contribution in [2.24, 2.45) is 7.05 Å². The van der Waals surface area contributed by atoms with E-state index in [0.29, 0.717) is 0 Å². The molecule has 1 rings (SSSR count). The fourth-order valence-electron chi connectivity index (χ4n) is 0.429. The van der Waals surface area contributed by atoms with Crippen LogP contribution in [0.1, 0.15) is 5.69 Å². The molecular weight excluding hydrogens is 147 g/mol. The summed E-state index contributed by atoms with van der Waals surface area (Å²) in [7, 11) is 1.30. The Labute approximate surface area is 54.5 Å². The van der Waals surface area contributed by atoms with Crippen LogP contribution in [0, 0.1) is 6.20 Å². The fraction of sp³-hybridized carbons (Fsp3) is 0.500. The minimum absolute atomic E-state index is 0.808. The summed E-state index contributed by atoms with van der Waals surface area (Å²) < 4.78 is 35.0.